The van der Waals surface area contributed by atoms with E-state index in [1.54, 1.807) is 82.9 Å². The summed E-state index contributed by atoms with van der Waals surface area (Å²) >= 11 is 34.6. The van der Waals surface area contributed by atoms with Gasteiger partial charge in [0.25, 0.3) is 0 Å². The van der Waals surface area contributed by atoms with Crippen molar-refractivity contribution in [3.8, 4) is 93.9 Å². The highest BCUT2D eigenvalue weighted by Crippen LogP contribution is 2.54. The van der Waals surface area contributed by atoms with Crippen molar-refractivity contribution in [3.05, 3.63) is 164 Å². The molecule has 9 aromatic rings. The first-order chi connectivity index (χ1) is 52.0. The van der Waals surface area contributed by atoms with E-state index in [9.17, 15) is 0 Å². The molecule has 2 aromatic heterocycles. The predicted molar refractivity (Wildman–Crippen MR) is 420 cm³/mol. The van der Waals surface area contributed by atoms with Crippen molar-refractivity contribution in [1.82, 2.24) is 9.13 Å². The van der Waals surface area contributed by atoms with Crippen LogP contribution < -0.4 is 58.3 Å². The van der Waals surface area contributed by atoms with Gasteiger partial charge in [-0.05, 0) is 150 Å². The molecule has 0 fully saturated rings. The van der Waals surface area contributed by atoms with E-state index in [4.69, 9.17) is 179 Å². The fourth-order valence-electron chi connectivity index (χ4n) is 13.9. The van der Waals surface area contributed by atoms with Crippen LogP contribution in [0.2, 0.25) is 30.1 Å². The highest BCUT2D eigenvalue weighted by Gasteiger charge is 2.40. The molecule has 6 bridgehead atoms. The second kappa shape index (κ2) is 31.4. The molecule has 0 saturated heterocycles. The van der Waals surface area contributed by atoms with Gasteiger partial charge in [0.15, 0.2) is 23.3 Å². The molecule has 0 unspecified atom stereocenters. The average molecular weight is 1590 g/mol. The lowest BCUT2D eigenvalue weighted by Crippen LogP contribution is -2.32. The maximum absolute atomic E-state index is 9.06. The number of hydrogen-bond donors (Lipinski definition) is 0. The smallest absolute Gasteiger partial charge is 0.168 e. The molecule has 0 N–H and O–H groups in total. The summed E-state index contributed by atoms with van der Waals surface area (Å²) in [5.74, 6) is 8.07. The Morgan fingerprint density at radius 1 is 0.248 bits per heavy atom. The molecular weight excluding hydrogens is 1520 g/mol. The molecule has 0 saturated carbocycles. The normalized spacial score (nSPS) is 12.1. The number of benzene rings is 7. The molecule has 0 aliphatic carbocycles. The molecule has 4 aliphatic rings. The lowest BCUT2D eigenvalue weighted by molar-refractivity contribution is 0.395. The van der Waals surface area contributed by atoms with Gasteiger partial charge in [-0.25, -0.2) is 30.0 Å². The van der Waals surface area contributed by atoms with Crippen LogP contribution in [-0.2, 0) is 6.67 Å². The largest absolute Gasteiger partial charge is 0.496 e. The Morgan fingerprint density at radius 2 is 0.468 bits per heavy atom. The molecule has 6 heterocycles. The van der Waals surface area contributed by atoms with Gasteiger partial charge in [0.1, 0.15) is 134 Å². The monoisotopic (exact) mass is 1580 g/mol. The second-order valence-electron chi connectivity index (χ2n) is 24.9. The first-order valence-corrected chi connectivity index (χ1v) is 35.1. The number of methoxy groups -OCH3 is 10. The van der Waals surface area contributed by atoms with E-state index >= 15 is 0 Å². The number of rotatable bonds is 10. The Hall–Kier alpha value is -11.4. The van der Waals surface area contributed by atoms with Gasteiger partial charge >= 0.3 is 0 Å². The third kappa shape index (κ3) is 12.3. The zero-order valence-electron chi connectivity index (χ0n) is 63.3. The highest BCUT2D eigenvalue weighted by molar-refractivity contribution is 6.52. The minimum absolute atomic E-state index is 0.0196. The Labute approximate surface area is 658 Å². The second-order valence-corrected chi connectivity index (χ2v) is 27.2. The first kappa shape index (κ1) is 80.1. The zero-order chi connectivity index (χ0) is 80.3. The third-order valence-corrected chi connectivity index (χ3v) is 22.7. The predicted octanol–water partition coefficient (Wildman–Crippen LogP) is 17.0. The molecule has 30 heteroatoms. The summed E-state index contributed by atoms with van der Waals surface area (Å²) in [5.41, 5.74) is 14.2. The van der Waals surface area contributed by atoms with E-state index in [0.29, 0.717) is 157 Å². The molecule has 0 radical (unpaired) electrons. The van der Waals surface area contributed by atoms with Crippen molar-refractivity contribution < 1.29 is 47.4 Å². The van der Waals surface area contributed by atoms with Gasteiger partial charge in [0.2, 0.25) is 0 Å². The van der Waals surface area contributed by atoms with Crippen LogP contribution in [-0.4, -0.2) is 104 Å². The molecule has 0 spiro atoms. The summed E-state index contributed by atoms with van der Waals surface area (Å²) in [6.45, 7) is 23.3. The number of ether oxygens (including phenoxy) is 10. The van der Waals surface area contributed by atoms with Crippen LogP contribution in [0.25, 0.3) is 21.5 Å². The molecule has 7 aromatic carbocycles. The number of nitrogens with zero attached hydrogens (tertiary/aromatic N) is 14. The number of fused-ring (bicyclic) bond motifs is 14. The number of amidine groups is 4. The van der Waals surface area contributed by atoms with Crippen LogP contribution >= 0.6 is 69.6 Å². The lowest BCUT2D eigenvalue weighted by Gasteiger charge is -2.18. The van der Waals surface area contributed by atoms with Crippen LogP contribution in [0.4, 0.5) is 11.6 Å². The maximum Gasteiger partial charge on any atom is 0.168 e. The van der Waals surface area contributed by atoms with Crippen molar-refractivity contribution in [2.75, 3.05) is 71.1 Å². The first-order valence-electron chi connectivity index (χ1n) is 32.8. The lowest BCUT2D eigenvalue weighted by atomic mass is 9.96. The minimum Gasteiger partial charge on any atom is -0.496 e. The van der Waals surface area contributed by atoms with Crippen molar-refractivity contribution >= 4 is 126 Å². The van der Waals surface area contributed by atoms with Crippen LogP contribution in [0.1, 0.15) is 122 Å². The summed E-state index contributed by atoms with van der Waals surface area (Å²) < 4.78 is 64.7. The molecular formula is C79H68Cl6N14O10. The van der Waals surface area contributed by atoms with E-state index in [0.717, 1.165) is 66.8 Å². The van der Waals surface area contributed by atoms with Crippen LogP contribution in [0.15, 0.2) is 30.0 Å². The van der Waals surface area contributed by atoms with Crippen LogP contribution in [0.5, 0.6) is 57.5 Å². The quantitative estimate of drug-likeness (QED) is 0.0907. The van der Waals surface area contributed by atoms with Crippen LogP contribution in [0, 0.1) is 151 Å². The Morgan fingerprint density at radius 3 is 0.716 bits per heavy atom. The van der Waals surface area contributed by atoms with Crippen molar-refractivity contribution in [2.24, 2.45) is 30.0 Å². The standard InChI is InChI=1S/C49H50N8O8.C12H12N2O2.C10H6Cl2N2.C8Cl4N2/c1-18-19(2)35(59-10)27-26(34(18)58-9)42-50-43(27)53-47-32-33(41(65-16)25(8)24(7)40(32)64-15)49-55-45-29-28(36(60-11)20(3)21(4)37(29)61-12)44(51-45)54-48-31-30(46(52-42)56(48)17-57(47)49)38(62-13)22(5)23(6)39(31)63-14;1-7-8(2)12(16-4)10(6-14)9(5-13)11(7)15-3;1-5-6(2)10(12)8(4-14)7(3-13)9(5)11;9-5-3(1-13)4(2-14)6(10)8(12)7(5)11/h17H2,1-16H3;1-4H3;1-2H3;. The SMILES string of the molecule is COc1c(C)c(C)c(OC)c(C#N)c1C#N.COc1c(C)c(C)c(OC)c2c1C1=NC2=Nc2c3c(OC)c(C)c(C)c(OC)c3c3n2Cn2c(c4c(OC)c(C)c(C)c(OC)c4c2=NC2=NC(=N3)c3c(OC)c(C)c(C)c(OC)c32)=N1.Cc1c(C)c(Cl)c(C#N)c(C#N)c1Cl.N#Cc1c(Cl)c(Cl)c(Cl)c(Cl)c1C#N. The van der Waals surface area contributed by atoms with Gasteiger partial charge < -0.3 is 47.4 Å². The molecule has 24 nitrogen and oxygen atoms in total. The zero-order valence-corrected chi connectivity index (χ0v) is 67.9. The van der Waals surface area contributed by atoms with E-state index in [-0.39, 0.29) is 60.1 Å². The number of hydrogen-bond acceptors (Lipinski definition) is 22. The van der Waals surface area contributed by atoms with E-state index in [1.165, 1.54) is 14.2 Å². The topological polar surface area (TPSA) is 319 Å². The Bertz CT molecular complexity index is 5660. The van der Waals surface area contributed by atoms with E-state index in [2.05, 4.69) is 0 Å². The maximum atomic E-state index is 9.06. The van der Waals surface area contributed by atoms with E-state index in [1.807, 2.05) is 103 Å². The van der Waals surface area contributed by atoms with Gasteiger partial charge in [-0.3, -0.25) is 9.13 Å². The fourth-order valence-corrected chi connectivity index (χ4v) is 15.4. The van der Waals surface area contributed by atoms with Gasteiger partial charge in [0.05, 0.1) is 167 Å². The molecule has 556 valence electrons. The minimum atomic E-state index is -0.0615. The molecule has 4 aliphatic heterocycles. The molecule has 109 heavy (non-hydrogen) atoms. The summed E-state index contributed by atoms with van der Waals surface area (Å²) in [5, 5.41) is 56.3. The van der Waals surface area contributed by atoms with Crippen molar-refractivity contribution in [2.45, 2.75) is 89.8 Å². The number of aromatic nitrogens is 2. The number of halogens is 6. The van der Waals surface area contributed by atoms with Crippen LogP contribution in [0.3, 0.4) is 0 Å². The van der Waals surface area contributed by atoms with Crippen molar-refractivity contribution in [1.29, 1.82) is 31.6 Å². The van der Waals surface area contributed by atoms with E-state index < -0.39 is 0 Å². The highest BCUT2D eigenvalue weighted by atomic mass is 35.5. The van der Waals surface area contributed by atoms with Crippen molar-refractivity contribution in [3.63, 3.8) is 0 Å². The fraction of sp³-hybridized carbons (Fsp3) is 0.291. The van der Waals surface area contributed by atoms with Gasteiger partial charge in [-0.15, -0.1) is 0 Å². The summed E-state index contributed by atoms with van der Waals surface area (Å²) in [7, 11) is 16.2. The summed E-state index contributed by atoms with van der Waals surface area (Å²) in [4.78, 5) is 32.8. The number of aliphatic imine (C=N–C) groups is 4. The average Bonchev–Trinajstić information content (AvgIpc) is 1.54. The van der Waals surface area contributed by atoms with Gasteiger partial charge in [-0.1, -0.05) is 69.6 Å². The summed E-state index contributed by atoms with van der Waals surface area (Å²) in [6.07, 6.45) is 0. The third-order valence-electron chi connectivity index (χ3n) is 20.0. The molecule has 0 atom stereocenters. The van der Waals surface area contributed by atoms with Gasteiger partial charge in [0, 0.05) is 0 Å². The number of nitriles is 6. The molecule has 13 rings (SSSR count). The Balaban J connectivity index is 0.000000230. The van der Waals surface area contributed by atoms with Gasteiger partial charge in [-0.2, -0.15) is 31.6 Å². The molecule has 0 amide bonds. The summed E-state index contributed by atoms with van der Waals surface area (Å²) in [6, 6.07) is 11.2. The Kier molecular flexibility index (Phi) is 23.1.